The van der Waals surface area contributed by atoms with Gasteiger partial charge < -0.3 is 5.32 Å². The summed E-state index contributed by atoms with van der Waals surface area (Å²) in [6.45, 7) is 11.1. The van der Waals surface area contributed by atoms with E-state index in [1.165, 1.54) is 22.5 Å². The van der Waals surface area contributed by atoms with Gasteiger partial charge >= 0.3 is 0 Å². The van der Waals surface area contributed by atoms with Gasteiger partial charge in [-0.2, -0.15) is 10.2 Å². The number of anilines is 1. The highest BCUT2D eigenvalue weighted by atomic mass is 35.5. The molecule has 0 aliphatic carbocycles. The first-order valence-electron chi connectivity index (χ1n) is 10.4. The van der Waals surface area contributed by atoms with Gasteiger partial charge in [0.2, 0.25) is 0 Å². The number of carbonyl (C=O) groups excluding carboxylic acids is 1. The molecule has 3 heterocycles. The summed E-state index contributed by atoms with van der Waals surface area (Å²) >= 11 is 7.67. The third-order valence-corrected chi connectivity index (χ3v) is 7.23. The van der Waals surface area contributed by atoms with Crippen LogP contribution >= 0.6 is 22.9 Å². The predicted octanol–water partition coefficient (Wildman–Crippen LogP) is 5.69. The molecule has 0 atom stereocenters. The fourth-order valence-corrected chi connectivity index (χ4v) is 4.67. The molecule has 0 spiro atoms. The lowest BCUT2D eigenvalue weighted by molar-refractivity contribution is 0.103. The lowest BCUT2D eigenvalue weighted by Gasteiger charge is -2.08. The maximum atomic E-state index is 12.9. The van der Waals surface area contributed by atoms with Crippen LogP contribution in [0.25, 0.3) is 0 Å². The van der Waals surface area contributed by atoms with Crippen LogP contribution in [0.2, 0.25) is 5.02 Å². The van der Waals surface area contributed by atoms with Crippen LogP contribution in [-0.4, -0.2) is 25.5 Å². The molecule has 1 amide bonds. The molecule has 4 aromatic rings. The molecule has 0 saturated heterocycles. The Labute approximate surface area is 196 Å². The molecule has 0 bridgehead atoms. The third kappa shape index (κ3) is 4.36. The lowest BCUT2D eigenvalue weighted by atomic mass is 10.1. The van der Waals surface area contributed by atoms with Crippen molar-refractivity contribution in [3.05, 3.63) is 85.1 Å². The van der Waals surface area contributed by atoms with Gasteiger partial charge in [-0.3, -0.25) is 14.2 Å². The van der Waals surface area contributed by atoms with Gasteiger partial charge in [-0.15, -0.1) is 11.3 Å². The molecule has 0 aliphatic rings. The molecule has 0 radical (unpaired) electrons. The van der Waals surface area contributed by atoms with Crippen LogP contribution in [0.5, 0.6) is 0 Å². The molecule has 0 fully saturated rings. The minimum Gasteiger partial charge on any atom is -0.318 e. The summed E-state index contributed by atoms with van der Waals surface area (Å²) in [5, 5.41) is 14.9. The molecule has 0 saturated carbocycles. The molecule has 1 aromatic carbocycles. The molecule has 8 heteroatoms. The van der Waals surface area contributed by atoms with Crippen LogP contribution in [0, 0.1) is 34.6 Å². The Bertz CT molecular complexity index is 1300. The minimum atomic E-state index is -0.130. The van der Waals surface area contributed by atoms with Crippen molar-refractivity contribution in [3.8, 4) is 0 Å². The maximum Gasteiger partial charge on any atom is 0.265 e. The monoisotopic (exact) mass is 467 g/mol. The van der Waals surface area contributed by atoms with Gasteiger partial charge in [-0.05, 0) is 62.8 Å². The molecule has 32 heavy (non-hydrogen) atoms. The fourth-order valence-electron chi connectivity index (χ4n) is 3.74. The highest BCUT2D eigenvalue weighted by Gasteiger charge is 2.18. The highest BCUT2D eigenvalue weighted by molar-refractivity contribution is 7.12. The number of thiophene rings is 1. The number of carbonyl (C=O) groups is 1. The Hall–Kier alpha value is -2.90. The number of aromatic nitrogens is 4. The second-order valence-corrected chi connectivity index (χ2v) is 9.33. The number of rotatable bonds is 6. The van der Waals surface area contributed by atoms with Crippen molar-refractivity contribution in [2.24, 2.45) is 0 Å². The van der Waals surface area contributed by atoms with Crippen LogP contribution in [-0.2, 0) is 13.1 Å². The zero-order valence-corrected chi connectivity index (χ0v) is 20.4. The zero-order valence-electron chi connectivity index (χ0n) is 18.9. The van der Waals surface area contributed by atoms with E-state index in [2.05, 4.69) is 34.6 Å². The van der Waals surface area contributed by atoms with Crippen molar-refractivity contribution < 1.29 is 4.79 Å². The number of hydrogen-bond donors (Lipinski definition) is 1. The van der Waals surface area contributed by atoms with Crippen molar-refractivity contribution in [2.45, 2.75) is 47.7 Å². The number of nitrogens with zero attached hydrogens (tertiary/aromatic N) is 4. The van der Waals surface area contributed by atoms with E-state index < -0.39 is 0 Å². The number of amides is 1. The third-order valence-electron chi connectivity index (χ3n) is 5.70. The van der Waals surface area contributed by atoms with E-state index in [9.17, 15) is 4.79 Å². The zero-order chi connectivity index (χ0) is 23.0. The quantitative estimate of drug-likeness (QED) is 0.396. The Kier molecular flexibility index (Phi) is 6.22. The first-order valence-corrected chi connectivity index (χ1v) is 11.7. The van der Waals surface area contributed by atoms with Crippen LogP contribution < -0.4 is 5.32 Å². The van der Waals surface area contributed by atoms with Gasteiger partial charge in [0.15, 0.2) is 0 Å². The summed E-state index contributed by atoms with van der Waals surface area (Å²) in [5.41, 5.74) is 7.70. The van der Waals surface area contributed by atoms with Crippen LogP contribution in [0.3, 0.4) is 0 Å². The van der Waals surface area contributed by atoms with E-state index in [-0.39, 0.29) is 5.91 Å². The average molecular weight is 468 g/mol. The largest absolute Gasteiger partial charge is 0.318 e. The predicted molar refractivity (Wildman–Crippen MR) is 130 cm³/mol. The molecule has 0 unspecified atom stereocenters. The first-order chi connectivity index (χ1) is 15.2. The molecule has 166 valence electrons. The first kappa shape index (κ1) is 22.3. The van der Waals surface area contributed by atoms with E-state index in [0.29, 0.717) is 23.0 Å². The van der Waals surface area contributed by atoms with Crippen LogP contribution in [0.4, 0.5) is 5.69 Å². The normalized spacial score (nSPS) is 11.2. The molecule has 6 nitrogen and oxygen atoms in total. The van der Waals surface area contributed by atoms with Gasteiger partial charge in [0.05, 0.1) is 51.5 Å². The van der Waals surface area contributed by atoms with Gasteiger partial charge in [0.1, 0.15) is 0 Å². The molecule has 1 N–H and O–H groups in total. The van der Waals surface area contributed by atoms with Crippen molar-refractivity contribution in [3.63, 3.8) is 0 Å². The van der Waals surface area contributed by atoms with Gasteiger partial charge in [-0.1, -0.05) is 35.9 Å². The van der Waals surface area contributed by atoms with E-state index in [0.717, 1.165) is 34.0 Å². The SMILES string of the molecule is Cc1ccccc1Cn1nc(C)c(NC(=O)c2cc(Cn3nc(C)c(Cl)c3C)cs2)c1C. The topological polar surface area (TPSA) is 64.7 Å². The summed E-state index contributed by atoms with van der Waals surface area (Å²) in [6, 6.07) is 10.2. The van der Waals surface area contributed by atoms with Crippen LogP contribution in [0.15, 0.2) is 35.7 Å². The van der Waals surface area contributed by atoms with Gasteiger partial charge in [0, 0.05) is 0 Å². The maximum absolute atomic E-state index is 12.9. The van der Waals surface area contributed by atoms with Gasteiger partial charge in [0.25, 0.3) is 5.91 Å². The standard InChI is InChI=1S/C24H26ClN5OS/c1-14-8-6-7-9-20(14)12-30-18(5)23(16(3)28-30)26-24(31)21-10-19(13-32-21)11-29-17(4)22(25)15(2)27-29/h6-10,13H,11-12H2,1-5H3,(H,26,31). The molecule has 0 aliphatic heterocycles. The summed E-state index contributed by atoms with van der Waals surface area (Å²) in [7, 11) is 0. The molecule has 4 rings (SSSR count). The van der Waals surface area contributed by atoms with E-state index in [1.807, 2.05) is 60.6 Å². The summed E-state index contributed by atoms with van der Waals surface area (Å²) in [6.07, 6.45) is 0. The Balaban J connectivity index is 1.49. The summed E-state index contributed by atoms with van der Waals surface area (Å²) < 4.78 is 3.81. The lowest BCUT2D eigenvalue weighted by Crippen LogP contribution is -2.12. The van der Waals surface area contributed by atoms with E-state index in [4.69, 9.17) is 11.6 Å². The molecular formula is C24H26ClN5OS. The van der Waals surface area contributed by atoms with Crippen molar-refractivity contribution in [1.29, 1.82) is 0 Å². The second kappa shape index (κ2) is 8.92. The Morgan fingerprint density at radius 1 is 1.00 bits per heavy atom. The highest BCUT2D eigenvalue weighted by Crippen LogP contribution is 2.25. The number of hydrogen-bond acceptors (Lipinski definition) is 4. The van der Waals surface area contributed by atoms with Crippen molar-refractivity contribution in [2.75, 3.05) is 5.32 Å². The molecule has 3 aromatic heterocycles. The summed E-state index contributed by atoms with van der Waals surface area (Å²) in [4.78, 5) is 13.6. The second-order valence-electron chi connectivity index (χ2n) is 8.05. The number of aryl methyl sites for hydroxylation is 3. The Morgan fingerprint density at radius 2 is 1.69 bits per heavy atom. The smallest absolute Gasteiger partial charge is 0.265 e. The van der Waals surface area contributed by atoms with E-state index >= 15 is 0 Å². The van der Waals surface area contributed by atoms with Crippen LogP contribution in [0.1, 0.15) is 49.1 Å². The molecular weight excluding hydrogens is 442 g/mol. The van der Waals surface area contributed by atoms with Crippen molar-refractivity contribution >= 4 is 34.5 Å². The van der Waals surface area contributed by atoms with Gasteiger partial charge in [-0.25, -0.2) is 0 Å². The average Bonchev–Trinajstić information content (AvgIpc) is 3.40. The van der Waals surface area contributed by atoms with E-state index in [1.54, 1.807) is 0 Å². The fraction of sp³-hybridized carbons (Fsp3) is 0.292. The number of nitrogens with one attached hydrogen (secondary N) is 1. The van der Waals surface area contributed by atoms with Crippen molar-refractivity contribution in [1.82, 2.24) is 19.6 Å². The number of halogens is 1. The minimum absolute atomic E-state index is 0.130. The number of benzene rings is 1. The summed E-state index contributed by atoms with van der Waals surface area (Å²) in [5.74, 6) is -0.130. The Morgan fingerprint density at radius 3 is 2.38 bits per heavy atom.